The van der Waals surface area contributed by atoms with Crippen LogP contribution in [0.2, 0.25) is 0 Å². The van der Waals surface area contributed by atoms with Crippen LogP contribution in [0.4, 0.5) is 0 Å². The Balaban J connectivity index is 1.85. The van der Waals surface area contributed by atoms with E-state index in [0.717, 1.165) is 73.8 Å². The maximum Gasteiger partial charge on any atom is 0.169 e. The van der Waals surface area contributed by atoms with E-state index in [1.165, 1.54) is 0 Å². The summed E-state index contributed by atoms with van der Waals surface area (Å²) in [6, 6.07) is 15.6. The number of benzene rings is 2. The number of ether oxygens (including phenoxy) is 1. The molecule has 152 valence electrons. The Hall–Kier alpha value is -2.60. The number of carbonyl (C=O) groups excluding carboxylic acids is 1. The molecule has 0 aromatic heterocycles. The number of unbranched alkanes of at least 4 members (excludes halogenated alkanes) is 2. The van der Waals surface area contributed by atoms with Crippen LogP contribution in [-0.2, 0) is 13.0 Å². The fraction of sp³-hybridized carbons (Fsp3) is 0.462. The number of Topliss-reactive ketones (excluding diaryl/α,β-unsaturated/α-hetero) is 1. The molecule has 0 heterocycles. The highest BCUT2D eigenvalue weighted by molar-refractivity contribution is 6.03. The van der Waals surface area contributed by atoms with Crippen LogP contribution < -0.4 is 4.74 Å². The number of hydrogen-bond acceptors (Lipinski definition) is 3. The Morgan fingerprint density at radius 2 is 1.76 bits per heavy atom. The third-order valence-electron chi connectivity index (χ3n) is 6.25. The van der Waals surface area contributed by atoms with Crippen molar-refractivity contribution in [1.82, 2.24) is 0 Å². The molecule has 0 N–H and O–H groups in total. The molecule has 0 fully saturated rings. The SMILES string of the molecule is CCCCC1(CCCC)CCc2c(OCc3ccccc3C#N)cccc2C1=O. The van der Waals surface area contributed by atoms with Gasteiger partial charge in [0.25, 0.3) is 0 Å². The van der Waals surface area contributed by atoms with Gasteiger partial charge in [0.05, 0.1) is 11.6 Å². The van der Waals surface area contributed by atoms with E-state index in [2.05, 4.69) is 19.9 Å². The normalized spacial score (nSPS) is 14.9. The Morgan fingerprint density at radius 3 is 2.45 bits per heavy atom. The van der Waals surface area contributed by atoms with Gasteiger partial charge in [-0.05, 0) is 37.8 Å². The fourth-order valence-electron chi connectivity index (χ4n) is 4.48. The minimum Gasteiger partial charge on any atom is -0.489 e. The molecule has 0 radical (unpaired) electrons. The molecule has 1 aliphatic rings. The van der Waals surface area contributed by atoms with Crippen LogP contribution in [0.3, 0.4) is 0 Å². The van der Waals surface area contributed by atoms with Gasteiger partial charge < -0.3 is 4.74 Å². The molecular formula is C26H31NO2. The van der Waals surface area contributed by atoms with Crippen molar-refractivity contribution in [3.8, 4) is 11.8 Å². The Morgan fingerprint density at radius 1 is 1.03 bits per heavy atom. The molecule has 0 amide bonds. The predicted octanol–water partition coefficient (Wildman–Crippen LogP) is 6.63. The van der Waals surface area contributed by atoms with Crippen LogP contribution in [0.1, 0.15) is 85.8 Å². The number of ketones is 1. The average Bonchev–Trinajstić information content (AvgIpc) is 2.77. The van der Waals surface area contributed by atoms with Crippen LogP contribution in [0.5, 0.6) is 5.75 Å². The molecule has 29 heavy (non-hydrogen) atoms. The van der Waals surface area contributed by atoms with Gasteiger partial charge in [0.1, 0.15) is 12.4 Å². The summed E-state index contributed by atoms with van der Waals surface area (Å²) in [5.74, 6) is 1.09. The molecule has 1 aliphatic carbocycles. The van der Waals surface area contributed by atoms with Crippen molar-refractivity contribution >= 4 is 5.78 Å². The Bertz CT molecular complexity index is 886. The van der Waals surface area contributed by atoms with Gasteiger partial charge in [0.2, 0.25) is 0 Å². The molecule has 3 nitrogen and oxygen atoms in total. The van der Waals surface area contributed by atoms with Gasteiger partial charge in [-0.25, -0.2) is 0 Å². The second-order valence-electron chi connectivity index (χ2n) is 8.16. The maximum absolute atomic E-state index is 13.6. The zero-order valence-corrected chi connectivity index (χ0v) is 17.7. The van der Waals surface area contributed by atoms with E-state index >= 15 is 0 Å². The quantitative estimate of drug-likeness (QED) is 0.483. The molecule has 3 heteroatoms. The van der Waals surface area contributed by atoms with Gasteiger partial charge >= 0.3 is 0 Å². The van der Waals surface area contributed by atoms with Crippen molar-refractivity contribution in [3.05, 3.63) is 64.7 Å². The van der Waals surface area contributed by atoms with Crippen molar-refractivity contribution in [2.24, 2.45) is 5.41 Å². The lowest BCUT2D eigenvalue weighted by Gasteiger charge is -2.37. The molecule has 0 aliphatic heterocycles. The maximum atomic E-state index is 13.6. The third-order valence-corrected chi connectivity index (χ3v) is 6.25. The highest BCUT2D eigenvalue weighted by Crippen LogP contribution is 2.45. The summed E-state index contributed by atoms with van der Waals surface area (Å²) < 4.78 is 6.11. The first-order valence-corrected chi connectivity index (χ1v) is 10.9. The molecule has 0 saturated heterocycles. The monoisotopic (exact) mass is 389 g/mol. The second kappa shape index (κ2) is 9.74. The number of carbonyl (C=O) groups is 1. The highest BCUT2D eigenvalue weighted by Gasteiger charge is 2.42. The number of hydrogen-bond donors (Lipinski definition) is 0. The van der Waals surface area contributed by atoms with E-state index in [-0.39, 0.29) is 5.41 Å². The van der Waals surface area contributed by atoms with E-state index < -0.39 is 0 Å². The summed E-state index contributed by atoms with van der Waals surface area (Å²) in [6.45, 7) is 4.73. The first-order chi connectivity index (χ1) is 14.1. The number of nitrogens with zero attached hydrogens (tertiary/aromatic N) is 1. The molecule has 0 bridgehead atoms. The molecule has 0 atom stereocenters. The zero-order valence-electron chi connectivity index (χ0n) is 17.7. The van der Waals surface area contributed by atoms with Crippen molar-refractivity contribution in [2.45, 2.75) is 71.8 Å². The van der Waals surface area contributed by atoms with Crippen molar-refractivity contribution in [2.75, 3.05) is 0 Å². The molecule has 3 rings (SSSR count). The average molecular weight is 390 g/mol. The molecule has 2 aromatic rings. The first kappa shape index (κ1) is 21.1. The summed E-state index contributed by atoms with van der Waals surface area (Å²) in [5.41, 5.74) is 3.18. The van der Waals surface area contributed by atoms with Gasteiger partial charge in [0, 0.05) is 22.1 Å². The summed E-state index contributed by atoms with van der Waals surface area (Å²) in [7, 11) is 0. The van der Waals surface area contributed by atoms with Crippen molar-refractivity contribution < 1.29 is 9.53 Å². The molecule has 2 aromatic carbocycles. The number of nitriles is 1. The topological polar surface area (TPSA) is 50.1 Å². The van der Waals surface area contributed by atoms with Gasteiger partial charge in [0.15, 0.2) is 5.78 Å². The predicted molar refractivity (Wildman–Crippen MR) is 116 cm³/mol. The first-order valence-electron chi connectivity index (χ1n) is 10.9. The van der Waals surface area contributed by atoms with Crippen molar-refractivity contribution in [3.63, 3.8) is 0 Å². The lowest BCUT2D eigenvalue weighted by molar-refractivity contribution is 0.0705. The van der Waals surface area contributed by atoms with E-state index in [9.17, 15) is 10.1 Å². The Kier molecular flexibility index (Phi) is 7.09. The van der Waals surface area contributed by atoms with Gasteiger partial charge in [-0.2, -0.15) is 5.26 Å². The lowest BCUT2D eigenvalue weighted by atomic mass is 9.65. The van der Waals surface area contributed by atoms with E-state index in [0.29, 0.717) is 18.0 Å². The minimum absolute atomic E-state index is 0.203. The van der Waals surface area contributed by atoms with Crippen LogP contribution in [0, 0.1) is 16.7 Å². The summed E-state index contributed by atoms with van der Waals surface area (Å²) in [6.07, 6.45) is 8.21. The Labute approximate surface area is 174 Å². The van der Waals surface area contributed by atoms with Gasteiger partial charge in [-0.3, -0.25) is 4.79 Å². The third kappa shape index (κ3) is 4.53. The molecular weight excluding hydrogens is 358 g/mol. The van der Waals surface area contributed by atoms with Gasteiger partial charge in [-0.15, -0.1) is 0 Å². The second-order valence-corrected chi connectivity index (χ2v) is 8.16. The number of fused-ring (bicyclic) bond motifs is 1. The van der Waals surface area contributed by atoms with E-state index in [1.54, 1.807) is 6.07 Å². The summed E-state index contributed by atoms with van der Waals surface area (Å²) >= 11 is 0. The molecule has 0 unspecified atom stereocenters. The van der Waals surface area contributed by atoms with E-state index in [1.807, 2.05) is 36.4 Å². The zero-order chi connectivity index (χ0) is 20.7. The fourth-order valence-corrected chi connectivity index (χ4v) is 4.48. The standard InChI is InChI=1S/C26H31NO2/c1-3-5-15-26(16-6-4-2)17-14-22-23(25(26)28)12-9-13-24(22)29-19-21-11-8-7-10-20(21)18-27/h7-13H,3-6,14-17,19H2,1-2H3. The largest absolute Gasteiger partial charge is 0.489 e. The van der Waals surface area contributed by atoms with Crippen molar-refractivity contribution in [1.29, 1.82) is 5.26 Å². The smallest absolute Gasteiger partial charge is 0.169 e. The van der Waals surface area contributed by atoms with E-state index in [4.69, 9.17) is 4.74 Å². The van der Waals surface area contributed by atoms with Crippen LogP contribution in [-0.4, -0.2) is 5.78 Å². The van der Waals surface area contributed by atoms with Crippen LogP contribution in [0.25, 0.3) is 0 Å². The molecule has 0 spiro atoms. The number of rotatable bonds is 9. The summed E-state index contributed by atoms with van der Waals surface area (Å²) in [4.78, 5) is 13.6. The minimum atomic E-state index is -0.203. The summed E-state index contributed by atoms with van der Waals surface area (Å²) in [5, 5.41) is 9.29. The lowest BCUT2D eigenvalue weighted by Crippen LogP contribution is -2.36. The highest BCUT2D eigenvalue weighted by atomic mass is 16.5. The van der Waals surface area contributed by atoms with Crippen LogP contribution >= 0.6 is 0 Å². The van der Waals surface area contributed by atoms with Crippen LogP contribution in [0.15, 0.2) is 42.5 Å². The molecule has 0 saturated carbocycles. The van der Waals surface area contributed by atoms with Gasteiger partial charge in [-0.1, -0.05) is 69.9 Å².